The van der Waals surface area contributed by atoms with Crippen molar-refractivity contribution >= 4 is 28.9 Å². The molecule has 104 valence electrons. The van der Waals surface area contributed by atoms with E-state index in [1.165, 1.54) is 6.33 Å². The third kappa shape index (κ3) is 3.11. The maximum Gasteiger partial charge on any atom is 0.354 e. The number of nitrogens with zero attached hydrogens (tertiary/aromatic N) is 3. The van der Waals surface area contributed by atoms with Gasteiger partial charge in [0.25, 0.3) is 0 Å². The van der Waals surface area contributed by atoms with E-state index in [-0.39, 0.29) is 17.3 Å². The molecule has 1 aromatic heterocycles. The highest BCUT2D eigenvalue weighted by Crippen LogP contribution is 2.28. The van der Waals surface area contributed by atoms with Crippen molar-refractivity contribution in [1.82, 2.24) is 9.97 Å². The van der Waals surface area contributed by atoms with E-state index in [4.69, 9.17) is 17.4 Å². The van der Waals surface area contributed by atoms with E-state index < -0.39 is 4.92 Å². The van der Waals surface area contributed by atoms with Crippen molar-refractivity contribution in [2.45, 2.75) is 6.54 Å². The highest BCUT2D eigenvalue weighted by Gasteiger charge is 2.22. The normalized spacial score (nSPS) is 10.1. The highest BCUT2D eigenvalue weighted by molar-refractivity contribution is 6.30. The van der Waals surface area contributed by atoms with E-state index in [9.17, 15) is 10.1 Å². The van der Waals surface area contributed by atoms with Crippen LogP contribution < -0.4 is 16.6 Å². The molecular formula is C11H11ClN6O2. The molecule has 2 aromatic rings. The van der Waals surface area contributed by atoms with Crippen LogP contribution in [0.5, 0.6) is 0 Å². The zero-order valence-corrected chi connectivity index (χ0v) is 11.0. The summed E-state index contributed by atoms with van der Waals surface area (Å²) in [6.45, 7) is 0.336. The molecule has 4 N–H and O–H groups in total. The summed E-state index contributed by atoms with van der Waals surface area (Å²) >= 11 is 5.87. The van der Waals surface area contributed by atoms with Gasteiger partial charge in [-0.2, -0.15) is 0 Å². The quantitative estimate of drug-likeness (QED) is 0.438. The molecule has 2 rings (SSSR count). The molecule has 8 nitrogen and oxygen atoms in total. The van der Waals surface area contributed by atoms with Gasteiger partial charge in [-0.05, 0) is 17.7 Å². The molecule has 0 bridgehead atoms. The van der Waals surface area contributed by atoms with Crippen LogP contribution >= 0.6 is 11.6 Å². The van der Waals surface area contributed by atoms with E-state index in [1.54, 1.807) is 18.2 Å². The second kappa shape index (κ2) is 6.13. The zero-order chi connectivity index (χ0) is 14.5. The fourth-order valence-corrected chi connectivity index (χ4v) is 1.83. The molecule has 0 aliphatic heterocycles. The summed E-state index contributed by atoms with van der Waals surface area (Å²) in [5.74, 6) is 5.22. The number of rotatable bonds is 5. The molecule has 9 heteroatoms. The molecule has 0 radical (unpaired) electrons. The predicted molar refractivity (Wildman–Crippen MR) is 75.3 cm³/mol. The summed E-state index contributed by atoms with van der Waals surface area (Å²) in [4.78, 5) is 18.0. The van der Waals surface area contributed by atoms with Gasteiger partial charge in [-0.25, -0.2) is 15.8 Å². The topological polar surface area (TPSA) is 119 Å². The molecule has 0 aliphatic carbocycles. The Balaban J connectivity index is 2.23. The monoisotopic (exact) mass is 294 g/mol. The van der Waals surface area contributed by atoms with E-state index >= 15 is 0 Å². The fourth-order valence-electron chi connectivity index (χ4n) is 1.62. The van der Waals surface area contributed by atoms with Gasteiger partial charge in [0, 0.05) is 11.6 Å². The van der Waals surface area contributed by atoms with Gasteiger partial charge >= 0.3 is 5.69 Å². The van der Waals surface area contributed by atoms with Crippen molar-refractivity contribution in [1.29, 1.82) is 0 Å². The molecule has 0 saturated carbocycles. The van der Waals surface area contributed by atoms with Crippen LogP contribution in [0.15, 0.2) is 30.6 Å². The lowest BCUT2D eigenvalue weighted by molar-refractivity contribution is -0.383. The van der Waals surface area contributed by atoms with E-state index in [1.807, 2.05) is 6.07 Å². The molecular weight excluding hydrogens is 284 g/mol. The minimum Gasteiger partial charge on any atom is -0.360 e. The van der Waals surface area contributed by atoms with Crippen LogP contribution in [0.3, 0.4) is 0 Å². The number of anilines is 2. The molecule has 1 aromatic carbocycles. The van der Waals surface area contributed by atoms with Crippen molar-refractivity contribution < 1.29 is 4.92 Å². The third-order valence-corrected chi connectivity index (χ3v) is 2.73. The maximum atomic E-state index is 11.0. The number of nitrogens with two attached hydrogens (primary N) is 1. The van der Waals surface area contributed by atoms with Crippen LogP contribution in [0.1, 0.15) is 5.56 Å². The molecule has 1 heterocycles. The Morgan fingerprint density at radius 3 is 2.75 bits per heavy atom. The van der Waals surface area contributed by atoms with Gasteiger partial charge in [-0.1, -0.05) is 23.7 Å². The lowest BCUT2D eigenvalue weighted by Gasteiger charge is -2.08. The van der Waals surface area contributed by atoms with Gasteiger partial charge in [0.15, 0.2) is 0 Å². The number of nitrogens with one attached hydrogen (secondary N) is 2. The number of halogens is 1. The Morgan fingerprint density at radius 2 is 2.10 bits per heavy atom. The minimum atomic E-state index is -0.602. The third-order valence-electron chi connectivity index (χ3n) is 2.49. The van der Waals surface area contributed by atoms with Gasteiger partial charge in [0.05, 0.1) is 4.92 Å². The van der Waals surface area contributed by atoms with Crippen LogP contribution in [0, 0.1) is 10.1 Å². The average Bonchev–Trinajstić information content (AvgIpc) is 2.44. The lowest BCUT2D eigenvalue weighted by Crippen LogP contribution is -2.13. The number of hydrogen-bond acceptors (Lipinski definition) is 7. The van der Waals surface area contributed by atoms with Crippen molar-refractivity contribution in [2.24, 2.45) is 5.84 Å². The fraction of sp³-hybridized carbons (Fsp3) is 0.0909. The predicted octanol–water partition coefficient (Wildman–Crippen LogP) is 1.94. The Labute approximate surface area is 119 Å². The number of nitro groups is 1. The van der Waals surface area contributed by atoms with E-state index in [0.29, 0.717) is 11.6 Å². The summed E-state index contributed by atoms with van der Waals surface area (Å²) in [5, 5.41) is 14.5. The summed E-state index contributed by atoms with van der Waals surface area (Å²) in [6, 6.07) is 7.13. The first-order valence-corrected chi connectivity index (χ1v) is 5.94. The Bertz CT molecular complexity index is 636. The van der Waals surface area contributed by atoms with Crippen molar-refractivity contribution in [3.63, 3.8) is 0 Å². The summed E-state index contributed by atoms with van der Waals surface area (Å²) in [7, 11) is 0. The highest BCUT2D eigenvalue weighted by atomic mass is 35.5. The molecule has 0 aliphatic rings. The average molecular weight is 295 g/mol. The summed E-state index contributed by atoms with van der Waals surface area (Å²) in [6.07, 6.45) is 1.18. The number of aromatic nitrogens is 2. The number of benzene rings is 1. The molecule has 0 fully saturated rings. The second-order valence-corrected chi connectivity index (χ2v) is 4.24. The molecule has 0 atom stereocenters. The standard InChI is InChI=1S/C11H11ClN6O2/c12-8-3-1-2-7(4-8)5-14-10-9(18(19)20)11(17-13)16-6-15-10/h1-4,6H,5,13H2,(H2,14,15,16,17). The Kier molecular flexibility index (Phi) is 4.28. The molecule has 0 saturated heterocycles. The van der Waals surface area contributed by atoms with Crippen LogP contribution in [0.4, 0.5) is 17.3 Å². The van der Waals surface area contributed by atoms with Crippen molar-refractivity contribution in [3.8, 4) is 0 Å². The van der Waals surface area contributed by atoms with Gasteiger partial charge in [0.2, 0.25) is 11.6 Å². The minimum absolute atomic E-state index is 0.0569. The lowest BCUT2D eigenvalue weighted by atomic mass is 10.2. The van der Waals surface area contributed by atoms with Crippen molar-refractivity contribution in [3.05, 3.63) is 51.3 Å². The van der Waals surface area contributed by atoms with Crippen LogP contribution in [0.2, 0.25) is 5.02 Å². The molecule has 0 amide bonds. The van der Waals surface area contributed by atoms with Crippen molar-refractivity contribution in [2.75, 3.05) is 10.7 Å². The second-order valence-electron chi connectivity index (χ2n) is 3.80. The zero-order valence-electron chi connectivity index (χ0n) is 10.2. The number of hydrazine groups is 1. The summed E-state index contributed by atoms with van der Waals surface area (Å²) < 4.78 is 0. The van der Waals surface area contributed by atoms with Gasteiger partial charge < -0.3 is 10.7 Å². The smallest absolute Gasteiger partial charge is 0.354 e. The van der Waals surface area contributed by atoms with Gasteiger partial charge in [-0.3, -0.25) is 10.1 Å². The summed E-state index contributed by atoms with van der Waals surface area (Å²) in [5.41, 5.74) is 2.73. The Morgan fingerprint density at radius 1 is 1.35 bits per heavy atom. The Hall–Kier alpha value is -2.45. The first-order chi connectivity index (χ1) is 9.61. The maximum absolute atomic E-state index is 11.0. The van der Waals surface area contributed by atoms with Crippen LogP contribution in [-0.4, -0.2) is 14.9 Å². The number of hydrogen-bond donors (Lipinski definition) is 3. The molecule has 0 unspecified atom stereocenters. The SMILES string of the molecule is NNc1ncnc(NCc2cccc(Cl)c2)c1[N+](=O)[O-]. The van der Waals surface area contributed by atoms with Gasteiger partial charge in [0.1, 0.15) is 6.33 Å². The van der Waals surface area contributed by atoms with Gasteiger partial charge in [-0.15, -0.1) is 0 Å². The molecule has 0 spiro atoms. The molecule has 20 heavy (non-hydrogen) atoms. The largest absolute Gasteiger partial charge is 0.360 e. The number of nitrogen functional groups attached to an aromatic ring is 1. The van der Waals surface area contributed by atoms with E-state index in [0.717, 1.165) is 5.56 Å². The first-order valence-electron chi connectivity index (χ1n) is 5.56. The van der Waals surface area contributed by atoms with Crippen LogP contribution in [-0.2, 0) is 6.54 Å². The van der Waals surface area contributed by atoms with Crippen LogP contribution in [0.25, 0.3) is 0 Å². The first kappa shape index (κ1) is 14.0. The van der Waals surface area contributed by atoms with E-state index in [2.05, 4.69) is 20.7 Å².